The molecule has 0 bridgehead atoms. The van der Waals surface area contributed by atoms with Crippen molar-refractivity contribution in [3.8, 4) is 11.5 Å². The van der Waals surface area contributed by atoms with Gasteiger partial charge in [-0.25, -0.2) is 0 Å². The Morgan fingerprint density at radius 2 is 1.44 bits per heavy atom. The monoisotopic (exact) mass is 350 g/mol. The predicted molar refractivity (Wildman–Crippen MR) is 97.1 cm³/mol. The summed E-state index contributed by atoms with van der Waals surface area (Å²) in [6, 6.07) is 6.79. The highest BCUT2D eigenvalue weighted by atomic mass is 16.5. The van der Waals surface area contributed by atoms with Gasteiger partial charge in [-0.3, -0.25) is 20.4 Å². The molecule has 2 amide bonds. The van der Waals surface area contributed by atoms with Crippen LogP contribution >= 0.6 is 0 Å². The van der Waals surface area contributed by atoms with E-state index in [9.17, 15) is 14.7 Å². The van der Waals surface area contributed by atoms with Crippen LogP contribution in [0.3, 0.4) is 0 Å². The number of unbranched alkanes of at least 4 members (excludes halogenated alkanes) is 7. The number of hydrogen-bond acceptors (Lipinski definition) is 4. The topological polar surface area (TPSA) is 87.7 Å². The van der Waals surface area contributed by atoms with E-state index in [1.54, 1.807) is 24.3 Å². The molecule has 0 radical (unpaired) electrons. The highest BCUT2D eigenvalue weighted by Crippen LogP contribution is 2.16. The van der Waals surface area contributed by atoms with Gasteiger partial charge in [-0.15, -0.1) is 0 Å². The number of benzene rings is 1. The van der Waals surface area contributed by atoms with Gasteiger partial charge in [0.1, 0.15) is 11.5 Å². The first kappa shape index (κ1) is 20.8. The molecule has 1 aromatic rings. The Hall–Kier alpha value is -2.24. The van der Waals surface area contributed by atoms with E-state index in [4.69, 9.17) is 4.74 Å². The number of rotatable bonds is 12. The van der Waals surface area contributed by atoms with Crippen LogP contribution in [-0.2, 0) is 9.59 Å². The van der Waals surface area contributed by atoms with Crippen molar-refractivity contribution in [1.29, 1.82) is 0 Å². The van der Waals surface area contributed by atoms with Crippen LogP contribution in [0.25, 0.3) is 0 Å². The van der Waals surface area contributed by atoms with E-state index in [1.807, 2.05) is 0 Å². The minimum absolute atomic E-state index is 0.135. The maximum atomic E-state index is 11.4. The van der Waals surface area contributed by atoms with Gasteiger partial charge in [0.2, 0.25) is 11.8 Å². The smallest absolute Gasteiger partial charge is 0.238 e. The van der Waals surface area contributed by atoms with Crippen LogP contribution in [-0.4, -0.2) is 23.5 Å². The molecule has 1 aromatic carbocycles. The van der Waals surface area contributed by atoms with Crippen LogP contribution in [0.4, 0.5) is 0 Å². The van der Waals surface area contributed by atoms with E-state index in [-0.39, 0.29) is 17.6 Å². The second-order valence-corrected chi connectivity index (χ2v) is 6.15. The van der Waals surface area contributed by atoms with Crippen LogP contribution in [0.15, 0.2) is 24.3 Å². The van der Waals surface area contributed by atoms with Crippen LogP contribution in [0, 0.1) is 0 Å². The molecule has 0 heterocycles. The van der Waals surface area contributed by atoms with Gasteiger partial charge in [0.05, 0.1) is 6.61 Å². The Kier molecular flexibility index (Phi) is 10.9. The zero-order valence-corrected chi connectivity index (χ0v) is 15.1. The van der Waals surface area contributed by atoms with Gasteiger partial charge in [0, 0.05) is 13.3 Å². The van der Waals surface area contributed by atoms with Gasteiger partial charge >= 0.3 is 0 Å². The molecule has 3 N–H and O–H groups in total. The summed E-state index contributed by atoms with van der Waals surface area (Å²) in [5, 5.41) is 9.18. The minimum Gasteiger partial charge on any atom is -0.508 e. The fraction of sp³-hybridized carbons (Fsp3) is 0.579. The van der Waals surface area contributed by atoms with E-state index in [0.29, 0.717) is 13.0 Å². The first-order valence-electron chi connectivity index (χ1n) is 9.05. The summed E-state index contributed by atoms with van der Waals surface area (Å²) >= 11 is 0. The Morgan fingerprint density at radius 3 is 2.04 bits per heavy atom. The molecule has 0 aliphatic heterocycles. The predicted octanol–water partition coefficient (Wildman–Crippen LogP) is 3.45. The van der Waals surface area contributed by atoms with E-state index in [1.165, 1.54) is 26.2 Å². The van der Waals surface area contributed by atoms with E-state index in [2.05, 4.69) is 10.9 Å². The molecule has 0 aliphatic rings. The summed E-state index contributed by atoms with van der Waals surface area (Å²) in [4.78, 5) is 22.0. The lowest BCUT2D eigenvalue weighted by Gasteiger charge is -2.06. The van der Waals surface area contributed by atoms with Crippen molar-refractivity contribution in [3.63, 3.8) is 0 Å². The molecule has 0 saturated heterocycles. The van der Waals surface area contributed by atoms with E-state index >= 15 is 0 Å². The maximum absolute atomic E-state index is 11.4. The van der Waals surface area contributed by atoms with Gasteiger partial charge in [-0.2, -0.15) is 0 Å². The molecule has 0 saturated carbocycles. The van der Waals surface area contributed by atoms with Crippen LogP contribution < -0.4 is 15.6 Å². The fourth-order valence-corrected chi connectivity index (χ4v) is 2.40. The van der Waals surface area contributed by atoms with Gasteiger partial charge in [0.25, 0.3) is 0 Å². The minimum atomic E-state index is -0.262. The highest BCUT2D eigenvalue weighted by Gasteiger charge is 2.01. The third-order valence-electron chi connectivity index (χ3n) is 3.78. The maximum Gasteiger partial charge on any atom is 0.238 e. The van der Waals surface area contributed by atoms with Crippen LogP contribution in [0.1, 0.15) is 64.7 Å². The van der Waals surface area contributed by atoms with E-state index in [0.717, 1.165) is 37.9 Å². The second kappa shape index (κ2) is 13.1. The fourth-order valence-electron chi connectivity index (χ4n) is 2.40. The number of carbonyl (C=O) groups is 2. The molecule has 0 fully saturated rings. The lowest BCUT2D eigenvalue weighted by atomic mass is 10.1. The molecule has 0 unspecified atom stereocenters. The SMILES string of the molecule is CC(=O)NNC(=O)CCCCCCCCCCOc1ccc(O)cc1. The molecular weight excluding hydrogens is 320 g/mol. The number of ether oxygens (including phenoxy) is 1. The van der Waals surface area contributed by atoms with E-state index < -0.39 is 0 Å². The standard InChI is InChI=1S/C19H30N2O4/c1-16(22)20-21-19(24)10-8-6-4-2-3-5-7-9-15-25-18-13-11-17(23)12-14-18/h11-14,23H,2-10,15H2,1H3,(H,20,22)(H,21,24). The van der Waals surface area contributed by atoms with Gasteiger partial charge in [-0.1, -0.05) is 38.5 Å². The summed E-state index contributed by atoms with van der Waals surface area (Å²) in [6.07, 6.45) is 9.25. The molecular formula is C19H30N2O4. The third-order valence-corrected chi connectivity index (χ3v) is 3.78. The van der Waals surface area contributed by atoms with Crippen molar-refractivity contribution in [3.05, 3.63) is 24.3 Å². The number of carbonyl (C=O) groups excluding carboxylic acids is 2. The molecule has 1 rings (SSSR count). The molecule has 6 nitrogen and oxygen atoms in total. The van der Waals surface area contributed by atoms with Crippen molar-refractivity contribution in [2.75, 3.05) is 6.61 Å². The average molecular weight is 350 g/mol. The van der Waals surface area contributed by atoms with Crippen molar-refractivity contribution in [2.24, 2.45) is 0 Å². The quantitative estimate of drug-likeness (QED) is 0.398. The molecule has 25 heavy (non-hydrogen) atoms. The number of amides is 2. The summed E-state index contributed by atoms with van der Waals surface area (Å²) in [6.45, 7) is 2.06. The van der Waals surface area contributed by atoms with Crippen LogP contribution in [0.2, 0.25) is 0 Å². The zero-order chi connectivity index (χ0) is 18.3. The molecule has 140 valence electrons. The molecule has 0 aromatic heterocycles. The number of nitrogens with one attached hydrogen (secondary N) is 2. The normalized spacial score (nSPS) is 10.3. The van der Waals surface area contributed by atoms with Gasteiger partial charge < -0.3 is 9.84 Å². The highest BCUT2D eigenvalue weighted by molar-refractivity contribution is 5.80. The Balaban J connectivity index is 1.83. The van der Waals surface area contributed by atoms with Crippen molar-refractivity contribution < 1.29 is 19.4 Å². The largest absolute Gasteiger partial charge is 0.508 e. The number of phenols is 1. The summed E-state index contributed by atoms with van der Waals surface area (Å²) < 4.78 is 5.60. The molecule has 6 heteroatoms. The Labute approximate surface area is 149 Å². The zero-order valence-electron chi connectivity index (χ0n) is 15.1. The van der Waals surface area contributed by atoms with Crippen LogP contribution in [0.5, 0.6) is 11.5 Å². The van der Waals surface area contributed by atoms with Gasteiger partial charge in [-0.05, 0) is 37.1 Å². The molecule has 0 spiro atoms. The first-order chi connectivity index (χ1) is 12.1. The first-order valence-corrected chi connectivity index (χ1v) is 9.05. The average Bonchev–Trinajstić information content (AvgIpc) is 2.59. The van der Waals surface area contributed by atoms with Crippen molar-refractivity contribution in [2.45, 2.75) is 64.7 Å². The number of aromatic hydroxyl groups is 1. The van der Waals surface area contributed by atoms with Gasteiger partial charge in [0.15, 0.2) is 0 Å². The number of hydrazine groups is 1. The summed E-state index contributed by atoms with van der Waals surface area (Å²) in [7, 11) is 0. The Bertz CT molecular complexity index is 503. The molecule has 0 atom stereocenters. The second-order valence-electron chi connectivity index (χ2n) is 6.15. The summed E-state index contributed by atoms with van der Waals surface area (Å²) in [5.41, 5.74) is 4.65. The summed E-state index contributed by atoms with van der Waals surface area (Å²) in [5.74, 6) is 0.645. The third kappa shape index (κ3) is 11.9. The lowest BCUT2D eigenvalue weighted by Crippen LogP contribution is -2.40. The number of hydrogen-bond donors (Lipinski definition) is 3. The molecule has 0 aliphatic carbocycles. The number of phenolic OH excluding ortho intramolecular Hbond substituents is 1. The van der Waals surface area contributed by atoms with Crippen molar-refractivity contribution >= 4 is 11.8 Å². The lowest BCUT2D eigenvalue weighted by molar-refractivity contribution is -0.127. The Morgan fingerprint density at radius 1 is 0.880 bits per heavy atom. The van der Waals surface area contributed by atoms with Crippen molar-refractivity contribution in [1.82, 2.24) is 10.9 Å².